The molecular formula is C13H24N4O4. The van der Waals surface area contributed by atoms with E-state index in [4.69, 9.17) is 5.11 Å². The van der Waals surface area contributed by atoms with E-state index in [-0.39, 0.29) is 19.0 Å². The fraction of sp³-hybridized carbons (Fsp3) is 0.769. The number of amides is 3. The maximum absolute atomic E-state index is 12.0. The molecule has 0 bridgehead atoms. The smallest absolute Gasteiger partial charge is 0.317 e. The van der Waals surface area contributed by atoms with Crippen molar-refractivity contribution in [2.24, 2.45) is 5.92 Å². The molecular weight excluding hydrogens is 276 g/mol. The highest BCUT2D eigenvalue weighted by Gasteiger charge is 2.21. The van der Waals surface area contributed by atoms with Crippen molar-refractivity contribution < 1.29 is 19.5 Å². The van der Waals surface area contributed by atoms with Gasteiger partial charge >= 0.3 is 12.0 Å². The van der Waals surface area contributed by atoms with Crippen molar-refractivity contribution in [1.29, 1.82) is 0 Å². The predicted molar refractivity (Wildman–Crippen MR) is 76.9 cm³/mol. The highest BCUT2D eigenvalue weighted by molar-refractivity contribution is 5.84. The fourth-order valence-electron chi connectivity index (χ4n) is 2.05. The van der Waals surface area contributed by atoms with Crippen LogP contribution in [0.5, 0.6) is 0 Å². The van der Waals surface area contributed by atoms with Gasteiger partial charge in [-0.05, 0) is 6.92 Å². The zero-order valence-electron chi connectivity index (χ0n) is 12.6. The number of piperazine rings is 1. The van der Waals surface area contributed by atoms with E-state index in [1.165, 1.54) is 4.90 Å². The lowest BCUT2D eigenvalue weighted by molar-refractivity contribution is -0.141. The summed E-state index contributed by atoms with van der Waals surface area (Å²) in [5.74, 6) is -1.70. The van der Waals surface area contributed by atoms with Crippen molar-refractivity contribution in [1.82, 2.24) is 20.4 Å². The van der Waals surface area contributed by atoms with Crippen LogP contribution in [0, 0.1) is 5.92 Å². The molecule has 1 aliphatic heterocycles. The average Bonchev–Trinajstić information content (AvgIpc) is 2.50. The van der Waals surface area contributed by atoms with Crippen LogP contribution >= 0.6 is 0 Å². The summed E-state index contributed by atoms with van der Waals surface area (Å²) < 4.78 is 0. The summed E-state index contributed by atoms with van der Waals surface area (Å²) >= 11 is 0. The third-order valence-corrected chi connectivity index (χ3v) is 3.45. The topological polar surface area (TPSA) is 102 Å². The number of hydrogen-bond acceptors (Lipinski definition) is 4. The third-order valence-electron chi connectivity index (χ3n) is 3.45. The molecule has 1 aliphatic rings. The highest BCUT2D eigenvalue weighted by atomic mass is 16.4. The summed E-state index contributed by atoms with van der Waals surface area (Å²) in [6.07, 6.45) is 0. The minimum atomic E-state index is -0.946. The van der Waals surface area contributed by atoms with Gasteiger partial charge in [0, 0.05) is 39.3 Å². The number of carboxylic acids is 1. The van der Waals surface area contributed by atoms with E-state index in [2.05, 4.69) is 10.6 Å². The summed E-state index contributed by atoms with van der Waals surface area (Å²) in [6, 6.07) is -0.408. The monoisotopic (exact) mass is 300 g/mol. The van der Waals surface area contributed by atoms with Crippen LogP contribution in [0.15, 0.2) is 0 Å². The van der Waals surface area contributed by atoms with Gasteiger partial charge in [-0.2, -0.15) is 0 Å². The Kier molecular flexibility index (Phi) is 6.93. The zero-order valence-corrected chi connectivity index (χ0v) is 12.6. The third kappa shape index (κ3) is 5.58. The lowest BCUT2D eigenvalue weighted by atomic mass is 10.2. The maximum atomic E-state index is 12.0. The van der Waals surface area contributed by atoms with Crippen LogP contribution in [0.1, 0.15) is 13.8 Å². The van der Waals surface area contributed by atoms with Gasteiger partial charge in [-0.25, -0.2) is 4.79 Å². The van der Waals surface area contributed by atoms with Crippen LogP contribution in [0.3, 0.4) is 0 Å². The van der Waals surface area contributed by atoms with Crippen LogP contribution < -0.4 is 10.6 Å². The van der Waals surface area contributed by atoms with Crippen LogP contribution in [-0.2, 0) is 9.59 Å². The molecule has 1 atom stereocenters. The van der Waals surface area contributed by atoms with Crippen LogP contribution in [0.4, 0.5) is 4.79 Å². The molecule has 3 amide bonds. The second-order valence-corrected chi connectivity index (χ2v) is 5.07. The molecule has 0 aromatic carbocycles. The zero-order chi connectivity index (χ0) is 15.8. The Balaban J connectivity index is 2.39. The molecule has 8 heteroatoms. The van der Waals surface area contributed by atoms with Gasteiger partial charge in [0.1, 0.15) is 0 Å². The Hall–Kier alpha value is -1.83. The van der Waals surface area contributed by atoms with E-state index in [9.17, 15) is 14.4 Å². The Morgan fingerprint density at radius 1 is 1.33 bits per heavy atom. The van der Waals surface area contributed by atoms with Crippen molar-refractivity contribution in [2.45, 2.75) is 13.8 Å². The number of rotatable bonds is 6. The second kappa shape index (κ2) is 8.46. The fourth-order valence-corrected chi connectivity index (χ4v) is 2.05. The van der Waals surface area contributed by atoms with Crippen molar-refractivity contribution >= 4 is 17.9 Å². The molecule has 3 N–H and O–H groups in total. The van der Waals surface area contributed by atoms with Gasteiger partial charge in [-0.1, -0.05) is 6.92 Å². The molecule has 21 heavy (non-hydrogen) atoms. The first-order valence-corrected chi connectivity index (χ1v) is 7.19. The molecule has 8 nitrogen and oxygen atoms in total. The minimum absolute atomic E-state index is 0.0587. The molecule has 0 aromatic rings. The Labute approximate surface area is 124 Å². The number of aliphatic carboxylic acids is 1. The van der Waals surface area contributed by atoms with Gasteiger partial charge in [0.25, 0.3) is 0 Å². The summed E-state index contributed by atoms with van der Waals surface area (Å²) in [6.45, 7) is 6.58. The molecule has 0 aromatic heterocycles. The molecule has 1 unspecified atom stereocenters. The number of nitrogens with zero attached hydrogens (tertiary/aromatic N) is 2. The molecule has 1 fully saturated rings. The summed E-state index contributed by atoms with van der Waals surface area (Å²) in [4.78, 5) is 37.8. The standard InChI is InChI=1S/C13H24N4O4/c1-3-16(9-10(2)12(19)20)13(21)15-8-11(18)17-6-4-14-5-7-17/h10,14H,3-9H2,1-2H3,(H,15,21)(H,19,20). The number of urea groups is 1. The van der Waals surface area contributed by atoms with Gasteiger partial charge in [-0.3, -0.25) is 9.59 Å². The van der Waals surface area contributed by atoms with Crippen LogP contribution in [0.25, 0.3) is 0 Å². The summed E-state index contributed by atoms with van der Waals surface area (Å²) in [5, 5.41) is 14.6. The molecule has 1 saturated heterocycles. The lowest BCUT2D eigenvalue weighted by Crippen LogP contribution is -2.51. The first kappa shape index (κ1) is 17.2. The number of nitrogens with one attached hydrogen (secondary N) is 2. The number of carbonyl (C=O) groups excluding carboxylic acids is 2. The van der Waals surface area contributed by atoms with Crippen LogP contribution in [0.2, 0.25) is 0 Å². The lowest BCUT2D eigenvalue weighted by Gasteiger charge is -2.28. The summed E-state index contributed by atoms with van der Waals surface area (Å²) in [5.41, 5.74) is 0. The maximum Gasteiger partial charge on any atom is 0.317 e. The molecule has 0 saturated carbocycles. The molecule has 1 rings (SSSR count). The quantitative estimate of drug-likeness (QED) is 0.594. The molecule has 0 aliphatic carbocycles. The Bertz CT molecular complexity index is 382. The van der Waals surface area contributed by atoms with Crippen molar-refractivity contribution in [3.63, 3.8) is 0 Å². The first-order valence-electron chi connectivity index (χ1n) is 7.19. The van der Waals surface area contributed by atoms with E-state index in [1.54, 1.807) is 18.7 Å². The van der Waals surface area contributed by atoms with Gasteiger partial charge in [0.05, 0.1) is 12.5 Å². The van der Waals surface area contributed by atoms with Crippen LogP contribution in [-0.4, -0.2) is 78.6 Å². The molecule has 0 spiro atoms. The Morgan fingerprint density at radius 3 is 2.48 bits per heavy atom. The van der Waals surface area contributed by atoms with Gasteiger partial charge < -0.3 is 25.5 Å². The van der Waals surface area contributed by atoms with E-state index < -0.39 is 17.9 Å². The van der Waals surface area contributed by atoms with Crippen molar-refractivity contribution in [3.8, 4) is 0 Å². The largest absolute Gasteiger partial charge is 0.481 e. The number of carbonyl (C=O) groups is 3. The molecule has 0 radical (unpaired) electrons. The van der Waals surface area contributed by atoms with Crippen molar-refractivity contribution in [2.75, 3.05) is 45.8 Å². The van der Waals surface area contributed by atoms with Gasteiger partial charge in [0.2, 0.25) is 5.91 Å². The minimum Gasteiger partial charge on any atom is -0.481 e. The van der Waals surface area contributed by atoms with E-state index in [0.29, 0.717) is 19.6 Å². The average molecular weight is 300 g/mol. The highest BCUT2D eigenvalue weighted by Crippen LogP contribution is 2.01. The Morgan fingerprint density at radius 2 is 1.95 bits per heavy atom. The first-order chi connectivity index (χ1) is 9.95. The van der Waals surface area contributed by atoms with Gasteiger partial charge in [0.15, 0.2) is 0 Å². The SMILES string of the molecule is CCN(CC(C)C(=O)O)C(=O)NCC(=O)N1CCNCC1. The number of carboxylic acid groups (broad SMARTS) is 1. The normalized spacial score (nSPS) is 16.2. The summed E-state index contributed by atoms with van der Waals surface area (Å²) in [7, 11) is 0. The van der Waals surface area contributed by atoms with Gasteiger partial charge in [-0.15, -0.1) is 0 Å². The second-order valence-electron chi connectivity index (χ2n) is 5.07. The van der Waals surface area contributed by atoms with Crippen molar-refractivity contribution in [3.05, 3.63) is 0 Å². The van der Waals surface area contributed by atoms with E-state index >= 15 is 0 Å². The number of hydrogen-bond donors (Lipinski definition) is 3. The molecule has 1 heterocycles. The molecule has 120 valence electrons. The van der Waals surface area contributed by atoms with E-state index in [0.717, 1.165) is 13.1 Å². The van der Waals surface area contributed by atoms with E-state index in [1.807, 2.05) is 0 Å². The predicted octanol–water partition coefficient (Wildman–Crippen LogP) is -0.830.